The smallest absolute Gasteiger partial charge is 0 e. The third-order valence-electron chi connectivity index (χ3n) is 0. The number of nitrogens with zero attached hydrogens (tertiary/aromatic N) is 1. The van der Waals surface area contributed by atoms with Crippen LogP contribution in [-0.4, -0.2) is 28.3 Å². The monoisotopic (exact) mass is 89.0 g/mol. The van der Waals surface area contributed by atoms with E-state index >= 15 is 0 Å². The fourth-order valence-corrected chi connectivity index (χ4v) is 0. The molecule has 0 rings (SSSR count). The molecule has 0 saturated carbocycles. The van der Waals surface area contributed by atoms with Crippen molar-refractivity contribution in [1.29, 1.82) is 0 Å². The molecule has 2 nitrogen and oxygen atoms in total. The minimum Gasteiger partial charge on any atom is -0.0149 e. The van der Waals surface area contributed by atoms with E-state index in [9.17, 15) is 0 Å². The van der Waals surface area contributed by atoms with Crippen LogP contribution >= 0.6 is 0 Å². The topological polar surface area (TPSA) is 59.0 Å². The Morgan fingerprint density at radius 1 is 1.00 bits per heavy atom. The lowest BCUT2D eigenvalue weighted by molar-refractivity contribution is 0.686. The molecule has 0 aromatic heterocycles. The second-order valence-electron chi connectivity index (χ2n) is 0. The highest BCUT2D eigenvalue weighted by molar-refractivity contribution is 5.76. The minimum atomic E-state index is 0. The molecule has 0 aliphatic rings. The summed E-state index contributed by atoms with van der Waals surface area (Å²) in [5, 5.41) is 0. The second-order valence-corrected chi connectivity index (χ2v) is 0. The fourth-order valence-electron chi connectivity index (χ4n) is 0. The molecule has 0 aromatic rings. The van der Waals surface area contributed by atoms with Gasteiger partial charge in [0.15, 0.2) is 0 Å². The van der Waals surface area contributed by atoms with Crippen molar-refractivity contribution in [2.24, 2.45) is 0 Å². The van der Waals surface area contributed by atoms with Crippen molar-refractivity contribution in [2.75, 3.05) is 0 Å². The Hall–Kier alpha value is 0.669. The zero-order chi connectivity index (χ0) is 0. The van der Waals surface area contributed by atoms with Crippen LogP contribution < -0.4 is 6.15 Å². The molecule has 0 aliphatic heterocycles. The molecule has 0 spiro atoms. The van der Waals surface area contributed by atoms with Crippen molar-refractivity contribution in [3.63, 3.8) is 0 Å². The van der Waals surface area contributed by atoms with Gasteiger partial charge in [-0.15, -0.1) is 0 Å². The van der Waals surface area contributed by atoms with Gasteiger partial charge in [0.25, 0.3) is 0 Å². The van der Waals surface area contributed by atoms with Crippen LogP contribution in [0.1, 0.15) is 0 Å². The highest BCUT2D eigenvalue weighted by atomic mass is 28.1. The summed E-state index contributed by atoms with van der Waals surface area (Å²) >= 11 is 0. The highest BCUT2D eigenvalue weighted by Crippen LogP contribution is -0.119. The molecule has 8 radical (unpaired) electrons. The average Bonchev–Trinajstić information content (AvgIpc) is 0. The Morgan fingerprint density at radius 2 is 1.00 bits per heavy atom. The summed E-state index contributed by atoms with van der Waals surface area (Å²) in [6.07, 6.45) is 0. The van der Waals surface area contributed by atoms with Crippen LogP contribution in [0, 0.1) is 0 Å². The van der Waals surface area contributed by atoms with Gasteiger partial charge >= 0.3 is 0 Å². The first kappa shape index (κ1) is 140. The van der Waals surface area contributed by atoms with Crippen molar-refractivity contribution in [3.8, 4) is 0 Å². The first-order valence-corrected chi connectivity index (χ1v) is 0. The lowest BCUT2D eigenvalue weighted by Gasteiger charge is -0.0150. The zero-order valence-electron chi connectivity index (χ0n) is 1.43. The first-order chi connectivity index (χ1) is 0. The molecule has 0 atom stereocenters. The molecule has 0 aromatic carbocycles. The van der Waals surface area contributed by atoms with Gasteiger partial charge in [-0.3, -0.25) is 0 Å². The molecule has 0 fully saturated rings. The Kier molecular flexibility index (Phi) is 2050. The van der Waals surface area contributed by atoms with Gasteiger partial charge in [0.1, 0.15) is 0 Å². The third-order valence-corrected chi connectivity index (χ3v) is 0. The van der Waals surface area contributed by atoms with E-state index in [-0.39, 0.29) is 40.0 Å². The molecule has 4 heteroatoms. The number of hydrogen-bond acceptors (Lipinski definition) is 0. The van der Waals surface area contributed by atoms with Gasteiger partial charge in [-0.25, -0.2) is 0 Å². The zero-order valence-corrected chi connectivity index (χ0v) is 2.59. The SMILES string of the molecule is [Al].[N].[O].[SiH4]. The Morgan fingerprint density at radius 3 is 1.00 bits per heavy atom. The Bertz CT molecular complexity index is 8.00. The van der Waals surface area contributed by atoms with Gasteiger partial charge in [0, 0.05) is 29.0 Å². The van der Waals surface area contributed by atoms with Gasteiger partial charge < -0.3 is 0 Å². The summed E-state index contributed by atoms with van der Waals surface area (Å²) in [6, 6.07) is 0. The van der Waals surface area contributed by atoms with Gasteiger partial charge in [0.05, 0.1) is 0 Å². The van der Waals surface area contributed by atoms with Gasteiger partial charge in [0.2, 0.25) is 0 Å². The predicted octanol–water partition coefficient (Wildman–Crippen LogP) is -2.43. The molecule has 0 heterocycles. The van der Waals surface area contributed by atoms with Gasteiger partial charge in [-0.2, -0.15) is 0 Å². The van der Waals surface area contributed by atoms with E-state index in [0.717, 1.165) is 0 Å². The van der Waals surface area contributed by atoms with Crippen molar-refractivity contribution in [2.45, 2.75) is 0 Å². The summed E-state index contributed by atoms with van der Waals surface area (Å²) in [6.45, 7) is 0. The molecule has 0 bridgehead atoms. The van der Waals surface area contributed by atoms with E-state index in [0.29, 0.717) is 0 Å². The summed E-state index contributed by atoms with van der Waals surface area (Å²) in [4.78, 5) is 0. The number of rotatable bonds is 0. The average molecular weight is 89.1 g/mol. The molecule has 4 heavy (non-hydrogen) atoms. The first-order valence-electron chi connectivity index (χ1n) is 0. The van der Waals surface area contributed by atoms with Crippen molar-refractivity contribution in [3.05, 3.63) is 0 Å². The maximum absolute atomic E-state index is 0. The standard InChI is InChI=1S/Al.N.O.H4Si/h;;;1H4. The van der Waals surface area contributed by atoms with Crippen molar-refractivity contribution in [1.82, 2.24) is 6.15 Å². The van der Waals surface area contributed by atoms with E-state index in [1.54, 1.807) is 0 Å². The molecular formula is H4AlNOSi. The van der Waals surface area contributed by atoms with E-state index < -0.39 is 0 Å². The van der Waals surface area contributed by atoms with Crippen LogP contribution in [0.3, 0.4) is 0 Å². The molecule has 0 amide bonds. The largest absolute Gasteiger partial charge is 0.0149 e. The Labute approximate surface area is 40.6 Å². The van der Waals surface area contributed by atoms with Crippen molar-refractivity contribution < 1.29 is 5.48 Å². The predicted molar refractivity (Wildman–Crippen MR) is 19.9 cm³/mol. The fraction of sp³-hybridized carbons (Fsp3) is 0. The molecular weight excluding hydrogens is 85.1 g/mol. The van der Waals surface area contributed by atoms with E-state index in [1.165, 1.54) is 0 Å². The Balaban J connectivity index is 0. The van der Waals surface area contributed by atoms with Crippen LogP contribution in [-0.2, 0) is 5.48 Å². The van der Waals surface area contributed by atoms with Crippen LogP contribution in [0.2, 0.25) is 0 Å². The summed E-state index contributed by atoms with van der Waals surface area (Å²) in [5.74, 6) is 0. The van der Waals surface area contributed by atoms with E-state index in [4.69, 9.17) is 0 Å². The molecule has 0 aliphatic carbocycles. The van der Waals surface area contributed by atoms with Crippen LogP contribution in [0.5, 0.6) is 0 Å². The minimum absolute atomic E-state index is 0. The van der Waals surface area contributed by atoms with Crippen LogP contribution in [0.15, 0.2) is 0 Å². The third kappa shape index (κ3) is 16.6. The maximum Gasteiger partial charge on any atom is 0 e. The maximum atomic E-state index is 0. The lowest BCUT2D eigenvalue weighted by atomic mass is 14.0. The molecule has 0 N–H and O–H groups in total. The summed E-state index contributed by atoms with van der Waals surface area (Å²) in [5.41, 5.74) is 0. The van der Waals surface area contributed by atoms with E-state index in [1.807, 2.05) is 0 Å². The van der Waals surface area contributed by atoms with Crippen LogP contribution in [0.4, 0.5) is 0 Å². The molecule has 0 unspecified atom stereocenters. The van der Waals surface area contributed by atoms with Crippen LogP contribution in [0.25, 0.3) is 0 Å². The van der Waals surface area contributed by atoms with Crippen molar-refractivity contribution >= 4 is 28.3 Å². The second kappa shape index (κ2) is 58.4. The highest BCUT2D eigenvalue weighted by Gasteiger charge is 0.00218. The lowest BCUT2D eigenvalue weighted by Crippen LogP contribution is -0.481. The summed E-state index contributed by atoms with van der Waals surface area (Å²) < 4.78 is 0. The number of hydrogen-bond donors (Lipinski definition) is 0. The quantitative estimate of drug-likeness (QED) is 0.296. The van der Waals surface area contributed by atoms with Gasteiger partial charge in [-0.1, -0.05) is 0 Å². The normalized spacial score (nSPS) is 0. The molecule has 22 valence electrons. The summed E-state index contributed by atoms with van der Waals surface area (Å²) in [7, 11) is 0. The van der Waals surface area contributed by atoms with Gasteiger partial charge in [-0.05, 0) is 11.0 Å². The molecule has 0 saturated heterocycles. The van der Waals surface area contributed by atoms with E-state index in [2.05, 4.69) is 0 Å².